The SMILES string of the molecule is COC(=O)N(C)CCc1coc2ccccc12. The molecule has 0 saturated carbocycles. The van der Waals surface area contributed by atoms with Gasteiger partial charge < -0.3 is 14.1 Å². The molecule has 17 heavy (non-hydrogen) atoms. The van der Waals surface area contributed by atoms with Crippen molar-refractivity contribution in [2.75, 3.05) is 20.7 Å². The number of hydrogen-bond acceptors (Lipinski definition) is 3. The van der Waals surface area contributed by atoms with Gasteiger partial charge in [0.25, 0.3) is 0 Å². The Kier molecular flexibility index (Phi) is 3.32. The van der Waals surface area contributed by atoms with Gasteiger partial charge in [0.2, 0.25) is 0 Å². The molecule has 0 fully saturated rings. The maximum Gasteiger partial charge on any atom is 0.409 e. The average Bonchev–Trinajstić information content (AvgIpc) is 2.78. The van der Waals surface area contributed by atoms with Crippen molar-refractivity contribution in [3.8, 4) is 0 Å². The zero-order valence-corrected chi connectivity index (χ0v) is 9.97. The number of hydrogen-bond donors (Lipinski definition) is 0. The smallest absolute Gasteiger partial charge is 0.409 e. The van der Waals surface area contributed by atoms with Gasteiger partial charge in [0.05, 0.1) is 13.4 Å². The Labute approximate surface area is 99.8 Å². The summed E-state index contributed by atoms with van der Waals surface area (Å²) in [5, 5.41) is 1.10. The monoisotopic (exact) mass is 233 g/mol. The van der Waals surface area contributed by atoms with E-state index < -0.39 is 0 Å². The van der Waals surface area contributed by atoms with E-state index in [1.165, 1.54) is 7.11 Å². The Bertz CT molecular complexity index is 518. The lowest BCUT2D eigenvalue weighted by Crippen LogP contribution is -2.28. The van der Waals surface area contributed by atoms with Crippen LogP contribution in [0.5, 0.6) is 0 Å². The summed E-state index contributed by atoms with van der Waals surface area (Å²) >= 11 is 0. The van der Waals surface area contributed by atoms with Crippen molar-refractivity contribution in [3.05, 3.63) is 36.1 Å². The fourth-order valence-electron chi connectivity index (χ4n) is 1.76. The largest absolute Gasteiger partial charge is 0.464 e. The van der Waals surface area contributed by atoms with Gasteiger partial charge in [-0.3, -0.25) is 0 Å². The van der Waals surface area contributed by atoms with E-state index in [2.05, 4.69) is 4.74 Å². The number of amides is 1. The first kappa shape index (κ1) is 11.5. The van der Waals surface area contributed by atoms with Gasteiger partial charge in [-0.1, -0.05) is 18.2 Å². The number of furan rings is 1. The molecule has 0 aliphatic rings. The lowest BCUT2D eigenvalue weighted by molar-refractivity contribution is 0.134. The molecule has 2 rings (SSSR count). The van der Waals surface area contributed by atoms with E-state index in [9.17, 15) is 4.79 Å². The third-order valence-corrected chi connectivity index (χ3v) is 2.76. The molecule has 4 heteroatoms. The summed E-state index contributed by atoms with van der Waals surface area (Å²) in [4.78, 5) is 12.8. The third kappa shape index (κ3) is 2.41. The molecule has 0 aliphatic carbocycles. The van der Waals surface area contributed by atoms with Crippen LogP contribution in [0.4, 0.5) is 4.79 Å². The second kappa shape index (κ2) is 4.91. The summed E-state index contributed by atoms with van der Waals surface area (Å²) < 4.78 is 10.1. The van der Waals surface area contributed by atoms with Crippen LogP contribution in [-0.4, -0.2) is 31.7 Å². The zero-order chi connectivity index (χ0) is 12.3. The van der Waals surface area contributed by atoms with Crippen LogP contribution in [0.1, 0.15) is 5.56 Å². The number of ether oxygens (including phenoxy) is 1. The molecule has 0 spiro atoms. The van der Waals surface area contributed by atoms with Crippen molar-refractivity contribution in [2.24, 2.45) is 0 Å². The highest BCUT2D eigenvalue weighted by atomic mass is 16.5. The van der Waals surface area contributed by atoms with Crippen molar-refractivity contribution >= 4 is 17.1 Å². The highest BCUT2D eigenvalue weighted by Gasteiger charge is 2.10. The molecule has 90 valence electrons. The van der Waals surface area contributed by atoms with E-state index in [0.717, 1.165) is 23.0 Å². The normalized spacial score (nSPS) is 10.5. The lowest BCUT2D eigenvalue weighted by atomic mass is 10.1. The van der Waals surface area contributed by atoms with Gasteiger partial charge in [0, 0.05) is 19.0 Å². The average molecular weight is 233 g/mol. The molecule has 4 nitrogen and oxygen atoms in total. The minimum absolute atomic E-state index is 0.321. The maximum atomic E-state index is 11.2. The number of carbonyl (C=O) groups is 1. The van der Waals surface area contributed by atoms with E-state index in [-0.39, 0.29) is 6.09 Å². The number of carbonyl (C=O) groups excluding carboxylic acids is 1. The Morgan fingerprint density at radius 1 is 1.41 bits per heavy atom. The van der Waals surface area contributed by atoms with E-state index >= 15 is 0 Å². The Balaban J connectivity index is 2.07. The molecule has 1 aromatic heterocycles. The second-order valence-corrected chi connectivity index (χ2v) is 3.90. The van der Waals surface area contributed by atoms with Crippen molar-refractivity contribution in [3.63, 3.8) is 0 Å². The molecule has 0 bridgehead atoms. The molecular formula is C13H15NO3. The van der Waals surface area contributed by atoms with Crippen LogP contribution in [0.25, 0.3) is 11.0 Å². The molecule has 1 aromatic carbocycles. The number of fused-ring (bicyclic) bond motifs is 1. The van der Waals surface area contributed by atoms with Gasteiger partial charge in [-0.2, -0.15) is 0 Å². The van der Waals surface area contributed by atoms with Crippen LogP contribution in [0.15, 0.2) is 34.9 Å². The second-order valence-electron chi connectivity index (χ2n) is 3.90. The first-order valence-electron chi connectivity index (χ1n) is 5.46. The van der Waals surface area contributed by atoms with Gasteiger partial charge in [-0.25, -0.2) is 4.79 Å². The van der Waals surface area contributed by atoms with Gasteiger partial charge in [0.1, 0.15) is 5.58 Å². The summed E-state index contributed by atoms with van der Waals surface area (Å²) in [6.07, 6.45) is 2.18. The van der Waals surface area contributed by atoms with E-state index in [0.29, 0.717) is 6.54 Å². The maximum absolute atomic E-state index is 11.2. The zero-order valence-electron chi connectivity index (χ0n) is 9.97. The Hall–Kier alpha value is -1.97. The van der Waals surface area contributed by atoms with Gasteiger partial charge in [-0.15, -0.1) is 0 Å². The molecule has 0 atom stereocenters. The lowest BCUT2D eigenvalue weighted by Gasteiger charge is -2.14. The van der Waals surface area contributed by atoms with Crippen LogP contribution < -0.4 is 0 Å². The first-order valence-corrected chi connectivity index (χ1v) is 5.46. The van der Waals surface area contributed by atoms with Crippen LogP contribution in [-0.2, 0) is 11.2 Å². The molecular weight excluding hydrogens is 218 g/mol. The summed E-state index contributed by atoms with van der Waals surface area (Å²) in [5.74, 6) is 0. The van der Waals surface area contributed by atoms with Gasteiger partial charge in [0.15, 0.2) is 0 Å². The first-order chi connectivity index (χ1) is 8.22. The van der Waals surface area contributed by atoms with E-state index in [1.54, 1.807) is 18.2 Å². The highest BCUT2D eigenvalue weighted by molar-refractivity contribution is 5.80. The van der Waals surface area contributed by atoms with Crippen molar-refractivity contribution in [1.29, 1.82) is 0 Å². The standard InChI is InChI=1S/C13H15NO3/c1-14(13(15)16-2)8-7-10-9-17-12-6-4-3-5-11(10)12/h3-6,9H,7-8H2,1-2H3. The van der Waals surface area contributed by atoms with Gasteiger partial charge in [-0.05, 0) is 18.1 Å². The van der Waals surface area contributed by atoms with Crippen molar-refractivity contribution in [1.82, 2.24) is 4.90 Å². The van der Waals surface area contributed by atoms with Crippen LogP contribution in [0.2, 0.25) is 0 Å². The predicted molar refractivity (Wildman–Crippen MR) is 65.0 cm³/mol. The van der Waals surface area contributed by atoms with E-state index in [4.69, 9.17) is 4.42 Å². The fourth-order valence-corrected chi connectivity index (χ4v) is 1.76. The predicted octanol–water partition coefficient (Wildman–Crippen LogP) is 2.67. The number of likely N-dealkylation sites (N-methyl/N-ethyl adjacent to an activating group) is 1. The third-order valence-electron chi connectivity index (χ3n) is 2.76. The van der Waals surface area contributed by atoms with Crippen LogP contribution in [0, 0.1) is 0 Å². The molecule has 0 unspecified atom stereocenters. The molecule has 0 N–H and O–H groups in total. The topological polar surface area (TPSA) is 42.7 Å². The van der Waals surface area contributed by atoms with Crippen LogP contribution >= 0.6 is 0 Å². The molecule has 1 heterocycles. The highest BCUT2D eigenvalue weighted by Crippen LogP contribution is 2.21. The fraction of sp³-hybridized carbons (Fsp3) is 0.308. The minimum Gasteiger partial charge on any atom is -0.464 e. The summed E-state index contributed by atoms with van der Waals surface area (Å²) in [6, 6.07) is 7.87. The summed E-state index contributed by atoms with van der Waals surface area (Å²) in [5.41, 5.74) is 1.99. The number of benzene rings is 1. The van der Waals surface area contributed by atoms with E-state index in [1.807, 2.05) is 24.3 Å². The Morgan fingerprint density at radius 3 is 2.94 bits per heavy atom. The quantitative estimate of drug-likeness (QED) is 0.818. The molecule has 1 amide bonds. The minimum atomic E-state index is -0.321. The van der Waals surface area contributed by atoms with Crippen molar-refractivity contribution < 1.29 is 13.9 Å². The number of nitrogens with zero attached hydrogens (tertiary/aromatic N) is 1. The molecule has 0 saturated heterocycles. The number of methoxy groups -OCH3 is 1. The van der Waals surface area contributed by atoms with Crippen molar-refractivity contribution in [2.45, 2.75) is 6.42 Å². The molecule has 2 aromatic rings. The molecule has 0 radical (unpaired) electrons. The summed E-state index contributed by atoms with van der Waals surface area (Å²) in [6.45, 7) is 0.607. The Morgan fingerprint density at radius 2 is 2.18 bits per heavy atom. The van der Waals surface area contributed by atoms with Crippen LogP contribution in [0.3, 0.4) is 0 Å². The number of para-hydroxylation sites is 1. The molecule has 0 aliphatic heterocycles. The number of rotatable bonds is 3. The summed E-state index contributed by atoms with van der Waals surface area (Å²) in [7, 11) is 3.10. The van der Waals surface area contributed by atoms with Gasteiger partial charge >= 0.3 is 6.09 Å².